The normalized spacial score (nSPS) is 13.7. The van der Waals surface area contributed by atoms with Gasteiger partial charge >= 0.3 is 0 Å². The van der Waals surface area contributed by atoms with Gasteiger partial charge in [-0.05, 0) is 12.8 Å². The van der Waals surface area contributed by atoms with Gasteiger partial charge in [0, 0.05) is 31.7 Å². The molecule has 0 aromatic rings. The van der Waals surface area contributed by atoms with Crippen molar-refractivity contribution in [2.75, 3.05) is 47.4 Å². The van der Waals surface area contributed by atoms with Crippen LogP contribution >= 0.6 is 7.82 Å². The Morgan fingerprint density at radius 1 is 0.600 bits per heavy atom. The van der Waals surface area contributed by atoms with Gasteiger partial charge in [-0.2, -0.15) is 0 Å². The van der Waals surface area contributed by atoms with Crippen LogP contribution in [0.25, 0.3) is 0 Å². The number of hydrogen-bond donors (Lipinski definition) is 1. The number of phosphoric ester groups is 1. The number of amides is 1. The summed E-state index contributed by atoms with van der Waals surface area (Å²) in [7, 11) is 1.37. The van der Waals surface area contributed by atoms with Crippen LogP contribution in [0.4, 0.5) is 0 Å². The molecule has 0 bridgehead atoms. The minimum absolute atomic E-state index is 0.0305. The Morgan fingerprint density at radius 3 is 1.38 bits per heavy atom. The first-order chi connectivity index (χ1) is 24.0. The molecule has 0 aliphatic carbocycles. The van der Waals surface area contributed by atoms with E-state index in [1.807, 2.05) is 21.1 Å². The second-order valence-corrected chi connectivity index (χ2v) is 17.4. The molecule has 0 spiro atoms. The summed E-state index contributed by atoms with van der Waals surface area (Å²) in [6.45, 7) is 5.12. The van der Waals surface area contributed by atoms with Gasteiger partial charge in [-0.25, -0.2) is 0 Å². The highest BCUT2D eigenvalue weighted by atomic mass is 31.2. The van der Waals surface area contributed by atoms with Gasteiger partial charge < -0.3 is 23.7 Å². The predicted molar refractivity (Wildman–Crippen MR) is 209 cm³/mol. The summed E-state index contributed by atoms with van der Waals surface area (Å²) in [5.74, 6) is -0.366. The summed E-state index contributed by atoms with van der Waals surface area (Å²) in [6.07, 6.45) is 33.8. The number of carbonyl (C=O) groups is 2. The first kappa shape index (κ1) is 49.2. The third-order valence-corrected chi connectivity index (χ3v) is 10.6. The lowest BCUT2D eigenvalue weighted by atomic mass is 9.99. The van der Waals surface area contributed by atoms with Crippen LogP contribution in [0.2, 0.25) is 0 Å². The molecule has 0 aromatic carbocycles. The van der Waals surface area contributed by atoms with Crippen LogP contribution < -0.4 is 10.2 Å². The number of quaternary nitrogens is 1. The zero-order valence-electron chi connectivity index (χ0n) is 33.8. The molecule has 0 saturated carbocycles. The molecule has 0 aliphatic rings. The number of ketones is 1. The summed E-state index contributed by atoms with van der Waals surface area (Å²) in [5.41, 5.74) is 0. The maximum atomic E-state index is 12.9. The van der Waals surface area contributed by atoms with Gasteiger partial charge in [-0.3, -0.25) is 14.2 Å². The highest BCUT2D eigenvalue weighted by molar-refractivity contribution is 7.45. The van der Waals surface area contributed by atoms with Crippen LogP contribution in [0.5, 0.6) is 0 Å². The second kappa shape index (κ2) is 34.0. The molecule has 0 radical (unpaired) electrons. The fourth-order valence-electron chi connectivity index (χ4n) is 6.26. The van der Waals surface area contributed by atoms with Crippen LogP contribution in [0.3, 0.4) is 0 Å². The van der Waals surface area contributed by atoms with E-state index in [0.717, 1.165) is 38.5 Å². The number of unbranched alkanes of at least 4 members (excludes halogenated alkanes) is 24. The maximum Gasteiger partial charge on any atom is 0.268 e. The smallest absolute Gasteiger partial charge is 0.268 e. The van der Waals surface area contributed by atoms with Crippen molar-refractivity contribution in [1.82, 2.24) is 5.32 Å². The van der Waals surface area contributed by atoms with E-state index >= 15 is 0 Å². The Morgan fingerprint density at radius 2 is 0.980 bits per heavy atom. The third kappa shape index (κ3) is 37.0. The fraction of sp³-hybridized carbons (Fsp3) is 0.951. The number of rotatable bonds is 39. The Balaban J connectivity index is 4.36. The summed E-state index contributed by atoms with van der Waals surface area (Å²) in [6, 6.07) is 0. The molecule has 1 N–H and O–H groups in total. The average molecular weight is 731 g/mol. The van der Waals surface area contributed by atoms with Gasteiger partial charge in [-0.15, -0.1) is 0 Å². The number of nitrogens with zero attached hydrogens (tertiary/aromatic N) is 1. The molecule has 9 heteroatoms. The highest BCUT2D eigenvalue weighted by Crippen LogP contribution is 2.39. The third-order valence-electron chi connectivity index (χ3n) is 9.65. The number of likely N-dealkylation sites (N-methyl/N-ethyl adjacent to an activating group) is 1. The Hall–Kier alpha value is -0.790. The zero-order chi connectivity index (χ0) is 37.2. The number of Topliss-reactive ketones (excluding diaryl/α,β-unsaturated/α-hetero) is 1. The monoisotopic (exact) mass is 731 g/mol. The van der Waals surface area contributed by atoms with Crippen molar-refractivity contribution < 1.29 is 32.6 Å². The van der Waals surface area contributed by atoms with Crippen molar-refractivity contribution in [2.24, 2.45) is 5.92 Å². The van der Waals surface area contributed by atoms with Gasteiger partial charge in [0.25, 0.3) is 7.82 Å². The molecule has 2 unspecified atom stereocenters. The predicted octanol–water partition coefficient (Wildman–Crippen LogP) is 10.8. The van der Waals surface area contributed by atoms with E-state index in [1.54, 1.807) is 0 Å². The van der Waals surface area contributed by atoms with Gasteiger partial charge in [0.2, 0.25) is 5.91 Å². The zero-order valence-corrected chi connectivity index (χ0v) is 34.7. The number of phosphoric acid groups is 1. The molecule has 298 valence electrons. The molecule has 1 amide bonds. The van der Waals surface area contributed by atoms with E-state index in [4.69, 9.17) is 9.05 Å². The minimum atomic E-state index is -4.50. The van der Waals surface area contributed by atoms with Gasteiger partial charge in [-0.1, -0.05) is 168 Å². The molecule has 0 rings (SSSR count). The Bertz CT molecular complexity index is 834. The van der Waals surface area contributed by atoms with Crippen LogP contribution in [0.15, 0.2) is 0 Å². The quantitative estimate of drug-likeness (QED) is 0.0383. The molecule has 0 fully saturated rings. The Kier molecular flexibility index (Phi) is 33.5. The summed E-state index contributed by atoms with van der Waals surface area (Å²) in [4.78, 5) is 37.9. The van der Waals surface area contributed by atoms with Crippen molar-refractivity contribution >= 4 is 19.5 Å². The Labute approximate surface area is 310 Å². The minimum Gasteiger partial charge on any atom is -0.756 e. The van der Waals surface area contributed by atoms with Crippen molar-refractivity contribution in [3.63, 3.8) is 0 Å². The van der Waals surface area contributed by atoms with Crippen LogP contribution in [0.1, 0.15) is 200 Å². The summed E-state index contributed by atoms with van der Waals surface area (Å²) < 4.78 is 23.2. The van der Waals surface area contributed by atoms with E-state index < -0.39 is 13.7 Å². The largest absolute Gasteiger partial charge is 0.756 e. The molecule has 50 heavy (non-hydrogen) atoms. The molecule has 0 aliphatic heterocycles. The van der Waals surface area contributed by atoms with Crippen LogP contribution in [-0.2, 0) is 23.2 Å². The number of hydrogen-bond acceptors (Lipinski definition) is 6. The van der Waals surface area contributed by atoms with Crippen LogP contribution in [0, 0.1) is 5.92 Å². The standard InChI is InChI=1S/C41H83N2O6P/c1-6-8-10-12-14-16-18-20-22-24-26-28-30-32-40(44)36-39(38-49-50(46,47)48-35-34-43(3,4)5)37-42-41(45)33-31-29-27-25-23-21-19-17-15-13-11-9-7-2/h39H,6-38H2,1-5H3,(H-,42,45,46,47). The van der Waals surface area contributed by atoms with E-state index in [2.05, 4.69) is 19.2 Å². The number of carbonyl (C=O) groups excluding carboxylic acids is 2. The number of nitrogens with one attached hydrogen (secondary N) is 1. The first-order valence-electron chi connectivity index (χ1n) is 21.2. The lowest BCUT2D eigenvalue weighted by Crippen LogP contribution is -2.37. The van der Waals surface area contributed by atoms with Gasteiger partial charge in [0.1, 0.15) is 18.9 Å². The molecule has 2 atom stereocenters. The lowest BCUT2D eigenvalue weighted by molar-refractivity contribution is -0.870. The van der Waals surface area contributed by atoms with E-state index in [0.29, 0.717) is 23.9 Å². The SMILES string of the molecule is CCCCCCCCCCCCCCCC(=O)CC(CNC(=O)CCCCCCCCCCCCCCC)COP(=O)([O-])OCC[N+](C)(C)C. The van der Waals surface area contributed by atoms with Crippen molar-refractivity contribution in [1.29, 1.82) is 0 Å². The summed E-state index contributed by atoms with van der Waals surface area (Å²) >= 11 is 0. The molecule has 8 nitrogen and oxygen atoms in total. The van der Waals surface area contributed by atoms with Gasteiger partial charge in [0.05, 0.1) is 27.7 Å². The summed E-state index contributed by atoms with van der Waals surface area (Å²) in [5, 5.41) is 2.94. The van der Waals surface area contributed by atoms with Crippen molar-refractivity contribution in [2.45, 2.75) is 200 Å². The van der Waals surface area contributed by atoms with Crippen LogP contribution in [-0.4, -0.2) is 63.6 Å². The van der Waals surface area contributed by atoms with Gasteiger partial charge in [0.15, 0.2) is 0 Å². The fourth-order valence-corrected chi connectivity index (χ4v) is 7.04. The topological polar surface area (TPSA) is 105 Å². The molecule has 0 saturated heterocycles. The molecular weight excluding hydrogens is 647 g/mol. The van der Waals surface area contributed by atoms with Crippen molar-refractivity contribution in [3.8, 4) is 0 Å². The van der Waals surface area contributed by atoms with E-state index in [9.17, 15) is 19.0 Å². The molecular formula is C41H83N2O6P. The van der Waals surface area contributed by atoms with E-state index in [-0.39, 0.29) is 37.9 Å². The first-order valence-corrected chi connectivity index (χ1v) is 22.6. The highest BCUT2D eigenvalue weighted by Gasteiger charge is 2.20. The maximum absolute atomic E-state index is 12.9. The average Bonchev–Trinajstić information content (AvgIpc) is 3.06. The molecule has 0 aromatic heterocycles. The second-order valence-electron chi connectivity index (χ2n) is 16.0. The van der Waals surface area contributed by atoms with Crippen molar-refractivity contribution in [3.05, 3.63) is 0 Å². The lowest BCUT2D eigenvalue weighted by Gasteiger charge is -2.28. The molecule has 0 heterocycles. The van der Waals surface area contributed by atoms with E-state index in [1.165, 1.54) is 128 Å².